The van der Waals surface area contributed by atoms with Crippen LogP contribution in [-0.2, 0) is 28.5 Å². The summed E-state index contributed by atoms with van der Waals surface area (Å²) in [6, 6.07) is 0. The van der Waals surface area contributed by atoms with Gasteiger partial charge < -0.3 is 39.4 Å². The van der Waals surface area contributed by atoms with Crippen molar-refractivity contribution in [3.63, 3.8) is 0 Å². The van der Waals surface area contributed by atoms with Gasteiger partial charge in [-0.2, -0.15) is 0 Å². The van der Waals surface area contributed by atoms with E-state index in [1.807, 2.05) is 30.4 Å². The lowest BCUT2D eigenvalue weighted by molar-refractivity contribution is -0.305. The summed E-state index contributed by atoms with van der Waals surface area (Å²) in [6.07, 6.45) is 44.1. The van der Waals surface area contributed by atoms with Crippen molar-refractivity contribution < 1.29 is 49.0 Å². The Labute approximate surface area is 378 Å². The van der Waals surface area contributed by atoms with Gasteiger partial charge in [0.05, 0.1) is 13.2 Å². The van der Waals surface area contributed by atoms with Crippen LogP contribution in [0, 0.1) is 0 Å². The summed E-state index contributed by atoms with van der Waals surface area (Å²) < 4.78 is 22.2. The fourth-order valence-corrected chi connectivity index (χ4v) is 7.61. The van der Waals surface area contributed by atoms with Crippen molar-refractivity contribution in [2.45, 2.75) is 250 Å². The minimum atomic E-state index is -1.60. The van der Waals surface area contributed by atoms with E-state index < -0.39 is 55.4 Å². The quantitative estimate of drug-likeness (QED) is 0.0265. The minimum Gasteiger partial charge on any atom is -0.462 e. The van der Waals surface area contributed by atoms with E-state index in [0.29, 0.717) is 12.8 Å². The third-order valence-corrected chi connectivity index (χ3v) is 11.6. The summed E-state index contributed by atoms with van der Waals surface area (Å²) in [4.78, 5) is 25.4. The molecule has 4 N–H and O–H groups in total. The van der Waals surface area contributed by atoms with Gasteiger partial charge in [-0.15, -0.1) is 0 Å². The molecule has 0 radical (unpaired) electrons. The Kier molecular flexibility index (Phi) is 39.6. The Balaban J connectivity index is 2.25. The molecule has 0 bridgehead atoms. The number of carbonyl (C=O) groups is 2. The maximum absolute atomic E-state index is 12.8. The third-order valence-electron chi connectivity index (χ3n) is 11.6. The largest absolute Gasteiger partial charge is 0.462 e. The molecular formula is C52H92O10. The van der Waals surface area contributed by atoms with Gasteiger partial charge in [-0.05, 0) is 32.1 Å². The minimum absolute atomic E-state index is 0.227. The number of unbranched alkanes of at least 4 members (excludes halogenated alkanes) is 26. The number of aliphatic hydroxyl groups excluding tert-OH is 4. The van der Waals surface area contributed by atoms with E-state index in [2.05, 4.69) is 32.1 Å². The summed E-state index contributed by atoms with van der Waals surface area (Å²) in [5.74, 6) is -0.827. The fraction of sp³-hybridized carbons (Fsp3) is 0.808. The first kappa shape index (κ1) is 57.7. The van der Waals surface area contributed by atoms with Crippen LogP contribution in [0.25, 0.3) is 0 Å². The van der Waals surface area contributed by atoms with Gasteiger partial charge in [-0.3, -0.25) is 9.59 Å². The van der Waals surface area contributed by atoms with Crippen LogP contribution in [0.3, 0.4) is 0 Å². The number of carbonyl (C=O) groups excluding carboxylic acids is 2. The Morgan fingerprint density at radius 1 is 0.516 bits per heavy atom. The molecular weight excluding hydrogens is 785 g/mol. The number of allylic oxidation sites excluding steroid dienone is 8. The predicted octanol–water partition coefficient (Wildman–Crippen LogP) is 11.6. The van der Waals surface area contributed by atoms with Gasteiger partial charge in [0.15, 0.2) is 12.4 Å². The van der Waals surface area contributed by atoms with Gasteiger partial charge >= 0.3 is 11.9 Å². The van der Waals surface area contributed by atoms with Crippen LogP contribution in [0.5, 0.6) is 0 Å². The topological polar surface area (TPSA) is 152 Å². The van der Waals surface area contributed by atoms with Crippen LogP contribution in [0.4, 0.5) is 0 Å². The normalized spacial score (nSPS) is 20.0. The molecule has 1 fully saturated rings. The van der Waals surface area contributed by atoms with Crippen molar-refractivity contribution in [1.29, 1.82) is 0 Å². The van der Waals surface area contributed by atoms with E-state index in [-0.39, 0.29) is 26.1 Å². The number of hydrogen-bond acceptors (Lipinski definition) is 10. The molecule has 1 aliphatic heterocycles. The summed E-state index contributed by atoms with van der Waals surface area (Å²) in [6.45, 7) is 3.29. The summed E-state index contributed by atoms with van der Waals surface area (Å²) in [5, 5.41) is 40.2. The highest BCUT2D eigenvalue weighted by atomic mass is 16.7. The first-order valence-electron chi connectivity index (χ1n) is 25.3. The molecule has 360 valence electrons. The molecule has 0 amide bonds. The molecule has 1 saturated heterocycles. The second-order valence-corrected chi connectivity index (χ2v) is 17.3. The SMILES string of the molecule is CC/C=C/C=C/C=C/C=C/CCCCCCCC(=O)OC[C@H](CO[C@@H]1O[C@H](CO)[C@H](O)C(O)C1O)OC(=O)CCCCCCCCCCCCCCCCCCCCCCCC. The van der Waals surface area contributed by atoms with Crippen molar-refractivity contribution >= 4 is 11.9 Å². The lowest BCUT2D eigenvalue weighted by Gasteiger charge is -2.39. The zero-order valence-corrected chi connectivity index (χ0v) is 39.4. The lowest BCUT2D eigenvalue weighted by Crippen LogP contribution is -2.59. The second kappa shape index (κ2) is 42.6. The Morgan fingerprint density at radius 3 is 1.44 bits per heavy atom. The number of aliphatic hydroxyl groups is 4. The summed E-state index contributed by atoms with van der Waals surface area (Å²) >= 11 is 0. The molecule has 2 unspecified atom stereocenters. The molecule has 0 aromatic heterocycles. The van der Waals surface area contributed by atoms with Crippen molar-refractivity contribution in [3.8, 4) is 0 Å². The number of rotatable bonds is 42. The smallest absolute Gasteiger partial charge is 0.306 e. The number of ether oxygens (including phenoxy) is 4. The maximum atomic E-state index is 12.8. The van der Waals surface area contributed by atoms with E-state index >= 15 is 0 Å². The maximum Gasteiger partial charge on any atom is 0.306 e. The van der Waals surface area contributed by atoms with Crippen LogP contribution in [-0.4, -0.2) is 89.0 Å². The highest BCUT2D eigenvalue weighted by molar-refractivity contribution is 5.70. The zero-order chi connectivity index (χ0) is 45.1. The molecule has 0 aromatic rings. The molecule has 10 nitrogen and oxygen atoms in total. The zero-order valence-electron chi connectivity index (χ0n) is 39.4. The van der Waals surface area contributed by atoms with Crippen LogP contribution in [0.15, 0.2) is 48.6 Å². The third kappa shape index (κ3) is 33.2. The van der Waals surface area contributed by atoms with E-state index in [0.717, 1.165) is 57.8 Å². The monoisotopic (exact) mass is 877 g/mol. The molecule has 0 spiro atoms. The van der Waals surface area contributed by atoms with Crippen molar-refractivity contribution in [3.05, 3.63) is 48.6 Å². The highest BCUT2D eigenvalue weighted by Gasteiger charge is 2.44. The van der Waals surface area contributed by atoms with Crippen LogP contribution < -0.4 is 0 Å². The molecule has 6 atom stereocenters. The average molecular weight is 877 g/mol. The van der Waals surface area contributed by atoms with Gasteiger partial charge in [0.1, 0.15) is 31.0 Å². The average Bonchev–Trinajstić information content (AvgIpc) is 3.27. The van der Waals surface area contributed by atoms with Gasteiger partial charge in [0.25, 0.3) is 0 Å². The summed E-state index contributed by atoms with van der Waals surface area (Å²) in [7, 11) is 0. The molecule has 10 heteroatoms. The van der Waals surface area contributed by atoms with Gasteiger partial charge in [0.2, 0.25) is 0 Å². The van der Waals surface area contributed by atoms with Gasteiger partial charge in [-0.1, -0.05) is 217 Å². The number of hydrogen-bond donors (Lipinski definition) is 4. The molecule has 0 aliphatic carbocycles. The van der Waals surface area contributed by atoms with E-state index in [9.17, 15) is 30.0 Å². The van der Waals surface area contributed by atoms with Gasteiger partial charge in [-0.25, -0.2) is 0 Å². The van der Waals surface area contributed by atoms with Gasteiger partial charge in [0, 0.05) is 12.8 Å². The van der Waals surface area contributed by atoms with Crippen molar-refractivity contribution in [2.75, 3.05) is 19.8 Å². The van der Waals surface area contributed by atoms with Crippen molar-refractivity contribution in [2.24, 2.45) is 0 Å². The lowest BCUT2D eigenvalue weighted by atomic mass is 9.99. The molecule has 0 saturated carbocycles. The molecule has 0 aromatic carbocycles. The Hall–Kier alpha value is -2.34. The Morgan fingerprint density at radius 2 is 0.952 bits per heavy atom. The molecule has 1 aliphatic rings. The standard InChI is InChI=1S/C52H92O10/c1-3-5-7-9-11-13-15-17-19-20-21-22-23-24-25-27-29-31-33-35-37-39-41-48(55)61-45(44-60-52-51(58)50(57)49(56)46(42-53)62-52)43-59-47(54)40-38-36-34-32-30-28-26-18-16-14-12-10-8-6-4-2/h6,8,10,12,14,16,18,26,45-46,49-53,56-58H,3-5,7,9,11,13,15,17,19-25,27-44H2,1-2H3/b8-6+,12-10+,16-14+,26-18+/t45-,46-,49+,50?,51?,52-/m1/s1. The van der Waals surface area contributed by atoms with Crippen molar-refractivity contribution in [1.82, 2.24) is 0 Å². The van der Waals surface area contributed by atoms with Crippen LogP contribution in [0.1, 0.15) is 213 Å². The van der Waals surface area contributed by atoms with E-state index in [1.54, 1.807) is 0 Å². The summed E-state index contributed by atoms with van der Waals surface area (Å²) in [5.41, 5.74) is 0. The van der Waals surface area contributed by atoms with E-state index in [1.165, 1.54) is 116 Å². The Bertz CT molecular complexity index is 1150. The number of esters is 2. The fourth-order valence-electron chi connectivity index (χ4n) is 7.61. The van der Waals surface area contributed by atoms with Crippen LogP contribution in [0.2, 0.25) is 0 Å². The first-order valence-corrected chi connectivity index (χ1v) is 25.3. The predicted molar refractivity (Wildman–Crippen MR) is 252 cm³/mol. The second-order valence-electron chi connectivity index (χ2n) is 17.3. The van der Waals surface area contributed by atoms with Crippen LogP contribution >= 0.6 is 0 Å². The molecule has 1 heterocycles. The highest BCUT2D eigenvalue weighted by Crippen LogP contribution is 2.23. The van der Waals surface area contributed by atoms with E-state index in [4.69, 9.17) is 18.9 Å². The molecule has 1 rings (SSSR count). The first-order chi connectivity index (χ1) is 30.3. The molecule has 62 heavy (non-hydrogen) atoms.